The summed E-state index contributed by atoms with van der Waals surface area (Å²) in [6.45, 7) is 1.95. The van der Waals surface area contributed by atoms with Crippen LogP contribution >= 0.6 is 0 Å². The molecule has 1 heterocycles. The molecule has 0 radical (unpaired) electrons. The molecule has 3 heteroatoms. The van der Waals surface area contributed by atoms with Crippen molar-refractivity contribution in [2.45, 2.75) is 6.92 Å². The first kappa shape index (κ1) is 9.52. The van der Waals surface area contributed by atoms with Gasteiger partial charge in [-0.15, -0.1) is 0 Å². The summed E-state index contributed by atoms with van der Waals surface area (Å²) in [5, 5.41) is 9.46. The zero-order valence-electron chi connectivity index (χ0n) is 8.23. The first-order chi connectivity index (χ1) is 7.16. The number of fused-ring (bicyclic) bond motifs is 1. The summed E-state index contributed by atoms with van der Waals surface area (Å²) < 4.78 is 5.50. The fraction of sp³-hybridized carbons (Fsp3) is 0.0833. The van der Waals surface area contributed by atoms with Crippen molar-refractivity contribution in [2.75, 3.05) is 0 Å². The van der Waals surface area contributed by atoms with Crippen LogP contribution in [0, 0.1) is 6.92 Å². The average molecular weight is 202 g/mol. The zero-order chi connectivity index (χ0) is 10.8. The molecule has 1 aromatic carbocycles. The molecule has 0 fully saturated rings. The van der Waals surface area contributed by atoms with Crippen molar-refractivity contribution in [3.8, 4) is 0 Å². The molecule has 0 aliphatic carbocycles. The van der Waals surface area contributed by atoms with Gasteiger partial charge in [0.15, 0.2) is 0 Å². The van der Waals surface area contributed by atoms with Gasteiger partial charge in [-0.1, -0.05) is 18.2 Å². The molecule has 76 valence electrons. The third-order valence-corrected chi connectivity index (χ3v) is 2.15. The number of aryl methyl sites for hydroxylation is 1. The number of carbonyl (C=O) groups is 1. The lowest BCUT2D eigenvalue weighted by Crippen LogP contribution is -1.84. The molecule has 0 saturated heterocycles. The van der Waals surface area contributed by atoms with Gasteiger partial charge in [-0.3, -0.25) is 0 Å². The molecule has 3 nitrogen and oxygen atoms in total. The molecule has 1 N–H and O–H groups in total. The minimum Gasteiger partial charge on any atom is -0.478 e. The molecule has 2 rings (SSSR count). The monoisotopic (exact) mass is 202 g/mol. The van der Waals surface area contributed by atoms with Gasteiger partial charge in [0.2, 0.25) is 0 Å². The molecule has 0 spiro atoms. The number of para-hydroxylation sites is 1. The number of rotatable bonds is 2. The van der Waals surface area contributed by atoms with Gasteiger partial charge >= 0.3 is 5.97 Å². The number of furan rings is 1. The standard InChI is InChI=1S/C12H10O3/c1-8-3-2-4-9-7-10(15-12(8)9)5-6-11(13)14/h2-7H,1H3,(H,13,14)/b6-5+. The highest BCUT2D eigenvalue weighted by molar-refractivity contribution is 5.87. The van der Waals surface area contributed by atoms with Crippen LogP contribution in [0.2, 0.25) is 0 Å². The quantitative estimate of drug-likeness (QED) is 0.762. The Morgan fingerprint density at radius 3 is 2.93 bits per heavy atom. The average Bonchev–Trinajstić information content (AvgIpc) is 2.59. The van der Waals surface area contributed by atoms with Crippen molar-refractivity contribution in [3.63, 3.8) is 0 Å². The van der Waals surface area contributed by atoms with Gasteiger partial charge in [0, 0.05) is 11.5 Å². The number of aliphatic carboxylic acids is 1. The molecule has 0 atom stereocenters. The molecule has 0 bridgehead atoms. The SMILES string of the molecule is Cc1cccc2cc(/C=C/C(=O)O)oc12. The molecular weight excluding hydrogens is 192 g/mol. The Labute approximate surface area is 86.6 Å². The van der Waals surface area contributed by atoms with Crippen LogP contribution in [0.1, 0.15) is 11.3 Å². The third kappa shape index (κ3) is 1.91. The summed E-state index contributed by atoms with van der Waals surface area (Å²) in [6, 6.07) is 7.65. The Bertz CT molecular complexity index is 535. The van der Waals surface area contributed by atoms with Crippen molar-refractivity contribution in [1.29, 1.82) is 0 Å². The van der Waals surface area contributed by atoms with Gasteiger partial charge < -0.3 is 9.52 Å². The maximum Gasteiger partial charge on any atom is 0.328 e. The summed E-state index contributed by atoms with van der Waals surface area (Å²) in [5.41, 5.74) is 1.85. The Morgan fingerprint density at radius 1 is 1.47 bits per heavy atom. The predicted molar refractivity (Wildman–Crippen MR) is 57.6 cm³/mol. The van der Waals surface area contributed by atoms with Crippen molar-refractivity contribution < 1.29 is 14.3 Å². The van der Waals surface area contributed by atoms with E-state index >= 15 is 0 Å². The van der Waals surface area contributed by atoms with Gasteiger partial charge in [0.25, 0.3) is 0 Å². The van der Waals surface area contributed by atoms with E-state index in [9.17, 15) is 4.79 Å². The number of carboxylic acid groups (broad SMARTS) is 1. The summed E-state index contributed by atoms with van der Waals surface area (Å²) in [7, 11) is 0. The van der Waals surface area contributed by atoms with Crippen molar-refractivity contribution >= 4 is 23.0 Å². The van der Waals surface area contributed by atoms with E-state index in [1.165, 1.54) is 6.08 Å². The second-order valence-corrected chi connectivity index (χ2v) is 3.31. The summed E-state index contributed by atoms with van der Waals surface area (Å²) >= 11 is 0. The van der Waals surface area contributed by atoms with Crippen LogP contribution in [0.4, 0.5) is 0 Å². The Morgan fingerprint density at radius 2 is 2.27 bits per heavy atom. The van der Waals surface area contributed by atoms with Crippen LogP contribution in [0.15, 0.2) is 34.8 Å². The van der Waals surface area contributed by atoms with Crippen molar-refractivity contribution in [2.24, 2.45) is 0 Å². The molecule has 0 aliphatic rings. The third-order valence-electron chi connectivity index (χ3n) is 2.15. The number of hydrogen-bond acceptors (Lipinski definition) is 2. The van der Waals surface area contributed by atoms with Gasteiger partial charge in [-0.05, 0) is 24.6 Å². The molecule has 0 unspecified atom stereocenters. The largest absolute Gasteiger partial charge is 0.478 e. The number of benzene rings is 1. The maximum atomic E-state index is 10.3. The molecule has 0 amide bonds. The zero-order valence-corrected chi connectivity index (χ0v) is 8.23. The fourth-order valence-corrected chi connectivity index (χ4v) is 1.46. The smallest absolute Gasteiger partial charge is 0.328 e. The molecule has 0 saturated carbocycles. The Balaban J connectivity index is 2.48. The minimum absolute atomic E-state index is 0.557. The lowest BCUT2D eigenvalue weighted by molar-refractivity contribution is -0.131. The highest BCUT2D eigenvalue weighted by atomic mass is 16.4. The van der Waals surface area contributed by atoms with Crippen LogP contribution in [-0.4, -0.2) is 11.1 Å². The summed E-state index contributed by atoms with van der Waals surface area (Å²) in [6.07, 6.45) is 2.51. The minimum atomic E-state index is -0.979. The van der Waals surface area contributed by atoms with Gasteiger partial charge in [-0.2, -0.15) is 0 Å². The van der Waals surface area contributed by atoms with Gasteiger partial charge in [0.1, 0.15) is 11.3 Å². The highest BCUT2D eigenvalue weighted by Gasteiger charge is 2.03. The first-order valence-electron chi connectivity index (χ1n) is 4.57. The van der Waals surface area contributed by atoms with Crippen LogP contribution in [0.5, 0.6) is 0 Å². The van der Waals surface area contributed by atoms with E-state index in [-0.39, 0.29) is 0 Å². The molecule has 15 heavy (non-hydrogen) atoms. The van der Waals surface area contributed by atoms with Crippen LogP contribution < -0.4 is 0 Å². The second-order valence-electron chi connectivity index (χ2n) is 3.31. The van der Waals surface area contributed by atoms with E-state index in [0.717, 1.165) is 22.6 Å². The van der Waals surface area contributed by atoms with E-state index in [2.05, 4.69) is 0 Å². The predicted octanol–water partition coefficient (Wildman–Crippen LogP) is 2.84. The van der Waals surface area contributed by atoms with E-state index in [0.29, 0.717) is 5.76 Å². The Kier molecular flexibility index (Phi) is 2.29. The summed E-state index contributed by atoms with van der Waals surface area (Å²) in [4.78, 5) is 10.3. The fourth-order valence-electron chi connectivity index (χ4n) is 1.46. The normalized spacial score (nSPS) is 11.3. The summed E-state index contributed by atoms with van der Waals surface area (Å²) in [5.74, 6) is -0.422. The second kappa shape index (κ2) is 3.61. The van der Waals surface area contributed by atoms with E-state index in [4.69, 9.17) is 9.52 Å². The van der Waals surface area contributed by atoms with Gasteiger partial charge in [0.05, 0.1) is 0 Å². The lowest BCUT2D eigenvalue weighted by atomic mass is 10.2. The van der Waals surface area contributed by atoms with Crippen LogP contribution in [-0.2, 0) is 4.79 Å². The van der Waals surface area contributed by atoms with Crippen LogP contribution in [0.25, 0.3) is 17.0 Å². The topological polar surface area (TPSA) is 50.4 Å². The Hall–Kier alpha value is -2.03. The number of hydrogen-bond donors (Lipinski definition) is 1. The molecule has 1 aromatic heterocycles. The molecule has 2 aromatic rings. The first-order valence-corrected chi connectivity index (χ1v) is 4.57. The van der Waals surface area contributed by atoms with Crippen LogP contribution in [0.3, 0.4) is 0 Å². The molecule has 0 aliphatic heterocycles. The molecular formula is C12H10O3. The van der Waals surface area contributed by atoms with E-state index in [1.807, 2.05) is 31.2 Å². The van der Waals surface area contributed by atoms with Crippen molar-refractivity contribution in [1.82, 2.24) is 0 Å². The van der Waals surface area contributed by atoms with E-state index < -0.39 is 5.97 Å². The van der Waals surface area contributed by atoms with Crippen molar-refractivity contribution in [3.05, 3.63) is 41.7 Å². The maximum absolute atomic E-state index is 10.3. The number of carboxylic acids is 1. The van der Waals surface area contributed by atoms with Gasteiger partial charge in [-0.25, -0.2) is 4.79 Å². The lowest BCUT2D eigenvalue weighted by Gasteiger charge is -1.91. The van der Waals surface area contributed by atoms with E-state index in [1.54, 1.807) is 0 Å². The highest BCUT2D eigenvalue weighted by Crippen LogP contribution is 2.23.